The van der Waals surface area contributed by atoms with Crippen LogP contribution in [0.1, 0.15) is 20.9 Å². The monoisotopic (exact) mass is 362 g/mol. The van der Waals surface area contributed by atoms with Crippen LogP contribution >= 0.6 is 22.7 Å². The Morgan fingerprint density at radius 3 is 3.08 bits per heavy atom. The summed E-state index contributed by atoms with van der Waals surface area (Å²) in [5.41, 5.74) is 1.66. The molecule has 24 heavy (non-hydrogen) atoms. The zero-order valence-electron chi connectivity index (χ0n) is 13.1. The summed E-state index contributed by atoms with van der Waals surface area (Å²) < 4.78 is 0. The molecule has 0 aliphatic carbocycles. The first-order chi connectivity index (χ1) is 11.7. The zero-order valence-corrected chi connectivity index (χ0v) is 14.7. The Bertz CT molecular complexity index is 739. The Morgan fingerprint density at radius 2 is 2.33 bits per heavy atom. The van der Waals surface area contributed by atoms with Crippen molar-refractivity contribution >= 4 is 39.6 Å². The quantitative estimate of drug-likeness (QED) is 0.772. The number of carbonyl (C=O) groups excluding carboxylic acids is 2. The van der Waals surface area contributed by atoms with Crippen molar-refractivity contribution in [3.8, 4) is 0 Å². The lowest BCUT2D eigenvalue weighted by Gasteiger charge is -2.24. The van der Waals surface area contributed by atoms with Gasteiger partial charge in [0.05, 0.1) is 17.8 Å². The SMILES string of the molecule is C=CCNC(=O)CN1CCc2nc(NC(=O)c3ccsc3)sc2C1. The van der Waals surface area contributed by atoms with Crippen LogP contribution in [0, 0.1) is 0 Å². The minimum Gasteiger partial charge on any atom is -0.352 e. The Morgan fingerprint density at radius 1 is 1.46 bits per heavy atom. The molecule has 2 N–H and O–H groups in total. The van der Waals surface area contributed by atoms with Crippen molar-refractivity contribution in [2.45, 2.75) is 13.0 Å². The molecule has 0 fully saturated rings. The van der Waals surface area contributed by atoms with Crippen molar-refractivity contribution in [2.75, 3.05) is 25.0 Å². The molecule has 1 aliphatic rings. The number of thiazole rings is 1. The summed E-state index contributed by atoms with van der Waals surface area (Å²) in [5.74, 6) is -0.142. The molecule has 2 amide bonds. The fraction of sp³-hybridized carbons (Fsp3) is 0.312. The molecule has 2 aromatic heterocycles. The van der Waals surface area contributed by atoms with Crippen molar-refractivity contribution in [1.82, 2.24) is 15.2 Å². The summed E-state index contributed by atoms with van der Waals surface area (Å²) in [6.07, 6.45) is 2.45. The molecule has 3 rings (SSSR count). The third kappa shape index (κ3) is 4.08. The number of amides is 2. The number of aromatic nitrogens is 1. The minimum atomic E-state index is -0.136. The molecular weight excluding hydrogens is 344 g/mol. The molecule has 126 valence electrons. The van der Waals surface area contributed by atoms with Gasteiger partial charge in [0.1, 0.15) is 0 Å². The normalized spacial score (nSPS) is 14.0. The van der Waals surface area contributed by atoms with Gasteiger partial charge in [-0.15, -0.1) is 17.9 Å². The highest BCUT2D eigenvalue weighted by Gasteiger charge is 2.22. The van der Waals surface area contributed by atoms with Crippen LogP contribution in [0.5, 0.6) is 0 Å². The van der Waals surface area contributed by atoms with Crippen molar-refractivity contribution in [2.24, 2.45) is 0 Å². The van der Waals surface area contributed by atoms with E-state index in [9.17, 15) is 9.59 Å². The van der Waals surface area contributed by atoms with Crippen LogP contribution in [-0.4, -0.2) is 41.3 Å². The molecule has 0 saturated carbocycles. The van der Waals surface area contributed by atoms with Crippen molar-refractivity contribution in [3.63, 3.8) is 0 Å². The lowest BCUT2D eigenvalue weighted by Crippen LogP contribution is -2.39. The lowest BCUT2D eigenvalue weighted by molar-refractivity contribution is -0.122. The van der Waals surface area contributed by atoms with Gasteiger partial charge in [0.15, 0.2) is 5.13 Å². The lowest BCUT2D eigenvalue weighted by atomic mass is 10.2. The van der Waals surface area contributed by atoms with E-state index in [1.54, 1.807) is 12.1 Å². The number of anilines is 1. The van der Waals surface area contributed by atoms with Gasteiger partial charge in [-0.1, -0.05) is 6.08 Å². The minimum absolute atomic E-state index is 0.00570. The first-order valence-corrected chi connectivity index (χ1v) is 9.33. The largest absolute Gasteiger partial charge is 0.352 e. The van der Waals surface area contributed by atoms with Gasteiger partial charge in [-0.3, -0.25) is 19.8 Å². The van der Waals surface area contributed by atoms with Crippen LogP contribution in [-0.2, 0) is 17.8 Å². The van der Waals surface area contributed by atoms with Gasteiger partial charge >= 0.3 is 0 Å². The van der Waals surface area contributed by atoms with Crippen molar-refractivity contribution in [3.05, 3.63) is 45.6 Å². The van der Waals surface area contributed by atoms with Crippen molar-refractivity contribution < 1.29 is 9.59 Å². The number of hydrogen-bond acceptors (Lipinski definition) is 6. The van der Waals surface area contributed by atoms with E-state index < -0.39 is 0 Å². The van der Waals surface area contributed by atoms with Crippen LogP contribution in [0.25, 0.3) is 0 Å². The number of carbonyl (C=O) groups is 2. The molecule has 0 aromatic carbocycles. The second-order valence-electron chi connectivity index (χ2n) is 5.41. The number of nitrogens with zero attached hydrogens (tertiary/aromatic N) is 2. The maximum Gasteiger partial charge on any atom is 0.258 e. The standard InChI is InChI=1S/C16H18N4O2S2/c1-2-5-17-14(21)9-20-6-3-12-13(8-20)24-16(18-12)19-15(22)11-4-7-23-10-11/h2,4,7,10H,1,3,5-6,8-9H2,(H,17,21)(H,18,19,22). The molecule has 0 atom stereocenters. The molecule has 0 bridgehead atoms. The Labute approximate surface area is 148 Å². The molecule has 2 aromatic rings. The van der Waals surface area contributed by atoms with Gasteiger partial charge in [0.2, 0.25) is 5.91 Å². The summed E-state index contributed by atoms with van der Waals surface area (Å²) in [7, 11) is 0. The van der Waals surface area contributed by atoms with E-state index >= 15 is 0 Å². The summed E-state index contributed by atoms with van der Waals surface area (Å²) >= 11 is 2.97. The van der Waals surface area contributed by atoms with E-state index in [1.165, 1.54) is 22.7 Å². The molecule has 0 spiro atoms. The van der Waals surface area contributed by atoms with Crippen LogP contribution in [0.15, 0.2) is 29.5 Å². The Hall–Kier alpha value is -2.03. The highest BCUT2D eigenvalue weighted by molar-refractivity contribution is 7.16. The summed E-state index contributed by atoms with van der Waals surface area (Å²) in [4.78, 5) is 31.6. The highest BCUT2D eigenvalue weighted by Crippen LogP contribution is 2.28. The first-order valence-electron chi connectivity index (χ1n) is 7.58. The molecule has 6 nitrogen and oxygen atoms in total. The van der Waals surface area contributed by atoms with Gasteiger partial charge < -0.3 is 5.32 Å². The molecule has 0 unspecified atom stereocenters. The Balaban J connectivity index is 1.59. The van der Waals surface area contributed by atoms with Gasteiger partial charge in [-0.2, -0.15) is 11.3 Å². The van der Waals surface area contributed by atoms with E-state index in [4.69, 9.17) is 0 Å². The molecule has 3 heterocycles. The van der Waals surface area contributed by atoms with E-state index in [0.717, 1.165) is 23.5 Å². The summed E-state index contributed by atoms with van der Waals surface area (Å²) in [6, 6.07) is 1.79. The third-order valence-electron chi connectivity index (χ3n) is 3.62. The molecule has 1 aliphatic heterocycles. The fourth-order valence-electron chi connectivity index (χ4n) is 2.44. The molecule has 0 radical (unpaired) electrons. The average Bonchev–Trinajstić information content (AvgIpc) is 3.21. The maximum absolute atomic E-state index is 12.1. The Kier molecular flexibility index (Phi) is 5.39. The first kappa shape index (κ1) is 16.8. The van der Waals surface area contributed by atoms with Crippen LogP contribution in [0.3, 0.4) is 0 Å². The van der Waals surface area contributed by atoms with Gasteiger partial charge in [0, 0.05) is 36.3 Å². The molecule has 0 saturated heterocycles. The second kappa shape index (κ2) is 7.69. The number of hydrogen-bond donors (Lipinski definition) is 2. The topological polar surface area (TPSA) is 74.3 Å². The van der Waals surface area contributed by atoms with E-state index in [2.05, 4.69) is 27.1 Å². The maximum atomic E-state index is 12.1. The van der Waals surface area contributed by atoms with Gasteiger partial charge in [-0.05, 0) is 11.4 Å². The van der Waals surface area contributed by atoms with Gasteiger partial charge in [0.25, 0.3) is 5.91 Å². The third-order valence-corrected chi connectivity index (χ3v) is 5.31. The predicted molar refractivity (Wildman–Crippen MR) is 96.6 cm³/mol. The second-order valence-corrected chi connectivity index (χ2v) is 7.27. The van der Waals surface area contributed by atoms with E-state index in [-0.39, 0.29) is 11.8 Å². The van der Waals surface area contributed by atoms with Crippen LogP contribution in [0.4, 0.5) is 5.13 Å². The fourth-order valence-corrected chi connectivity index (χ4v) is 4.13. The molecule has 8 heteroatoms. The number of rotatable bonds is 6. The number of fused-ring (bicyclic) bond motifs is 1. The van der Waals surface area contributed by atoms with Crippen LogP contribution in [0.2, 0.25) is 0 Å². The number of thiophene rings is 1. The summed E-state index contributed by atoms with van der Waals surface area (Å²) in [6.45, 7) is 5.90. The van der Waals surface area contributed by atoms with E-state index in [0.29, 0.717) is 30.3 Å². The van der Waals surface area contributed by atoms with Crippen LogP contribution < -0.4 is 10.6 Å². The van der Waals surface area contributed by atoms with Crippen molar-refractivity contribution in [1.29, 1.82) is 0 Å². The van der Waals surface area contributed by atoms with Gasteiger partial charge in [-0.25, -0.2) is 4.98 Å². The van der Waals surface area contributed by atoms with E-state index in [1.807, 2.05) is 10.8 Å². The number of nitrogens with one attached hydrogen (secondary N) is 2. The average molecular weight is 362 g/mol. The molecular formula is C16H18N4O2S2. The smallest absolute Gasteiger partial charge is 0.258 e. The summed E-state index contributed by atoms with van der Waals surface area (Å²) in [5, 5.41) is 9.94. The highest BCUT2D eigenvalue weighted by atomic mass is 32.1. The predicted octanol–water partition coefficient (Wildman–Crippen LogP) is 2.12. The zero-order chi connectivity index (χ0) is 16.9.